The molecule has 0 saturated carbocycles. The molecule has 0 saturated heterocycles. The average Bonchev–Trinajstić information content (AvgIpc) is 2.64. The Morgan fingerprint density at radius 3 is 0.667 bits per heavy atom. The minimum atomic E-state index is -5.42. The maximum atomic E-state index is 10.7. The molecule has 0 fully saturated rings. The van der Waals surface area contributed by atoms with E-state index in [1.165, 1.54) is 0 Å². The fourth-order valence-electron chi connectivity index (χ4n) is 0. The van der Waals surface area contributed by atoms with Crippen molar-refractivity contribution in [2.45, 2.75) is 18.8 Å². The summed E-state index contributed by atoms with van der Waals surface area (Å²) in [5.41, 5.74) is 0. The van der Waals surface area contributed by atoms with Gasteiger partial charge in [0.1, 0.15) is 6.43 Å². The molecule has 0 spiro atoms. The number of hydrogen-bond donors (Lipinski definition) is 6. The molecule has 0 radical (unpaired) electrons. The van der Waals surface area contributed by atoms with Crippen molar-refractivity contribution in [2.75, 3.05) is 42.7 Å². The Hall–Kier alpha value is 0.629. The first kappa shape index (κ1) is 63.0. The minimum Gasteiger partial charge on any atom is -0.412 e. The van der Waals surface area contributed by atoms with Crippen LogP contribution in [0.1, 0.15) is 6.42 Å². The van der Waals surface area contributed by atoms with Gasteiger partial charge in [-0.15, -0.1) is 0 Å². The molecule has 174 valence electrons. The van der Waals surface area contributed by atoms with E-state index in [0.29, 0.717) is 0 Å². The van der Waals surface area contributed by atoms with Crippen molar-refractivity contribution in [3.05, 3.63) is 13.3 Å². The third-order valence-electron chi connectivity index (χ3n) is 0.498. The smallest absolute Gasteiger partial charge is 0.363 e. The van der Waals surface area contributed by atoms with Crippen LogP contribution in [0.5, 0.6) is 0 Å². The van der Waals surface area contributed by atoms with E-state index in [2.05, 4.69) is 6.92 Å². The summed E-state index contributed by atoms with van der Waals surface area (Å²) in [4.78, 5) is 0. The van der Waals surface area contributed by atoms with Crippen LogP contribution >= 0.6 is 0 Å². The minimum absolute atomic E-state index is 0. The average molecular weight is 504 g/mol. The predicted molar refractivity (Wildman–Crippen MR) is 76.4 cm³/mol. The van der Waals surface area contributed by atoms with Gasteiger partial charge >= 0.3 is 12.4 Å². The van der Waals surface area contributed by atoms with Crippen LogP contribution in [-0.4, -0.2) is 85.7 Å². The molecule has 6 N–H and O–H groups in total. The maximum Gasteiger partial charge on any atom is 0.363 e. The number of aliphatic hydroxyl groups is 6. The zero-order valence-electron chi connectivity index (χ0n) is 15.6. The van der Waals surface area contributed by atoms with Gasteiger partial charge in [0.25, 0.3) is 0 Å². The van der Waals surface area contributed by atoms with Crippen molar-refractivity contribution in [2.24, 2.45) is 0 Å². The standard InChI is InChI=1S/C3H4F3.C2F5.6CH4O.2Ti/c1-2-3(4,5)6;3-1(4)2(5,6)7;6*1-2;;/h1-2H2;;6*2H,1H3;;/q2*-1;;;;;;;;. The number of rotatable bonds is 0. The summed E-state index contributed by atoms with van der Waals surface area (Å²) in [7, 11) is 6.00. The van der Waals surface area contributed by atoms with Gasteiger partial charge in [-0.25, -0.2) is 13.2 Å². The third kappa shape index (κ3) is 174. The van der Waals surface area contributed by atoms with Gasteiger partial charge in [-0.2, -0.15) is 13.2 Å². The molecular weight excluding hydrogens is 476 g/mol. The van der Waals surface area contributed by atoms with E-state index >= 15 is 0 Å². The Morgan fingerprint density at radius 2 is 0.667 bits per heavy atom. The van der Waals surface area contributed by atoms with E-state index < -0.39 is 25.2 Å². The molecule has 0 rings (SSSR count). The molecule has 0 heterocycles. The van der Waals surface area contributed by atoms with Gasteiger partial charge < -0.3 is 46.3 Å². The molecule has 0 aromatic carbocycles. The molecule has 27 heavy (non-hydrogen) atoms. The second kappa shape index (κ2) is 63.3. The monoisotopic (exact) mass is 504 g/mol. The molecule has 0 aliphatic rings. The summed E-state index contributed by atoms with van der Waals surface area (Å²) in [5, 5.41) is 42.0. The number of hydrogen-bond acceptors (Lipinski definition) is 6. The van der Waals surface area contributed by atoms with Crippen LogP contribution in [0.4, 0.5) is 35.1 Å². The van der Waals surface area contributed by atoms with Crippen molar-refractivity contribution in [3.63, 3.8) is 0 Å². The van der Waals surface area contributed by atoms with E-state index in [-0.39, 0.29) is 43.4 Å². The van der Waals surface area contributed by atoms with Crippen LogP contribution in [0.2, 0.25) is 0 Å². The largest absolute Gasteiger partial charge is 0.412 e. The van der Waals surface area contributed by atoms with Crippen molar-refractivity contribution in [1.29, 1.82) is 0 Å². The van der Waals surface area contributed by atoms with Gasteiger partial charge in [0, 0.05) is 86.1 Å². The first-order valence-corrected chi connectivity index (χ1v) is 5.30. The molecule has 0 unspecified atom stereocenters. The quantitative estimate of drug-likeness (QED) is 0.169. The van der Waals surface area contributed by atoms with Crippen molar-refractivity contribution < 1.29 is 109 Å². The van der Waals surface area contributed by atoms with Crippen LogP contribution < -0.4 is 0 Å². The normalized spacial score (nSPS) is 7.33. The molecule has 0 aliphatic heterocycles. The molecule has 6 nitrogen and oxygen atoms in total. The molecule has 0 aromatic rings. The van der Waals surface area contributed by atoms with E-state index in [1.807, 2.05) is 0 Å². The summed E-state index contributed by atoms with van der Waals surface area (Å²) in [6.45, 7) is 2.63. The summed E-state index contributed by atoms with van der Waals surface area (Å²) < 4.78 is 84.0. The molecule has 0 atom stereocenters. The van der Waals surface area contributed by atoms with Crippen LogP contribution in [0, 0.1) is 13.3 Å². The summed E-state index contributed by atoms with van der Waals surface area (Å²) in [6, 6.07) is 0. The predicted octanol–water partition coefficient (Wildman–Crippen LogP) is 1.40. The van der Waals surface area contributed by atoms with Crippen LogP contribution in [-0.2, 0) is 43.4 Å². The number of halogens is 8. The van der Waals surface area contributed by atoms with Gasteiger partial charge in [-0.1, -0.05) is 6.42 Å². The fourth-order valence-corrected chi connectivity index (χ4v) is 0. The van der Waals surface area contributed by atoms with Crippen molar-refractivity contribution >= 4 is 0 Å². The zero-order valence-corrected chi connectivity index (χ0v) is 18.7. The molecule has 0 aliphatic carbocycles. The van der Waals surface area contributed by atoms with Crippen LogP contribution in [0.3, 0.4) is 0 Å². The number of aliphatic hydroxyl groups excluding tert-OH is 6. The third-order valence-corrected chi connectivity index (χ3v) is 0.498. The first-order chi connectivity index (χ1) is 11.5. The van der Waals surface area contributed by atoms with Gasteiger partial charge in [-0.05, 0) is 0 Å². The summed E-state index contributed by atoms with van der Waals surface area (Å²) in [5.74, 6) is 0. The molecule has 0 bridgehead atoms. The molecular formula is C11H28F8O6Ti2-2. The van der Waals surface area contributed by atoms with Gasteiger partial charge in [-0.3, -0.25) is 0 Å². The Kier molecular flexibility index (Phi) is 148. The second-order valence-electron chi connectivity index (χ2n) is 1.62. The fraction of sp³-hybridized carbons (Fsp3) is 0.818. The molecule has 0 amide bonds. The van der Waals surface area contributed by atoms with E-state index in [9.17, 15) is 35.1 Å². The van der Waals surface area contributed by atoms with Crippen molar-refractivity contribution in [1.82, 2.24) is 0 Å². The van der Waals surface area contributed by atoms with Crippen LogP contribution in [0.25, 0.3) is 0 Å². The number of alkyl halides is 6. The Labute approximate surface area is 184 Å². The molecule has 0 aromatic heterocycles. The first-order valence-electron chi connectivity index (χ1n) is 5.30. The Morgan fingerprint density at radius 1 is 0.593 bits per heavy atom. The zero-order chi connectivity index (χ0) is 23.3. The maximum absolute atomic E-state index is 10.7. The molecule has 16 heteroatoms. The summed E-state index contributed by atoms with van der Waals surface area (Å²) in [6.07, 6.45) is -14.0. The van der Waals surface area contributed by atoms with Crippen LogP contribution in [0.15, 0.2) is 0 Å². The van der Waals surface area contributed by atoms with Gasteiger partial charge in [0.05, 0.1) is 0 Å². The Bertz CT molecular complexity index is 156. The second-order valence-corrected chi connectivity index (χ2v) is 1.62. The Balaban J connectivity index is -0.0000000165. The van der Waals surface area contributed by atoms with Gasteiger partial charge in [0.15, 0.2) is 0 Å². The van der Waals surface area contributed by atoms with Crippen molar-refractivity contribution in [3.8, 4) is 0 Å². The van der Waals surface area contributed by atoms with Gasteiger partial charge in [0.2, 0.25) is 0 Å². The van der Waals surface area contributed by atoms with E-state index in [0.717, 1.165) is 42.7 Å². The van der Waals surface area contributed by atoms with E-state index in [1.54, 1.807) is 0 Å². The SMILES string of the molecule is CO.CO.CO.CO.CO.CO.F[C-](F)C(F)(F)F.[CH2-]CC(F)(F)F.[Ti].[Ti]. The topological polar surface area (TPSA) is 121 Å². The van der Waals surface area contributed by atoms with E-state index in [4.69, 9.17) is 30.6 Å². The summed E-state index contributed by atoms with van der Waals surface area (Å²) >= 11 is 0.